The summed E-state index contributed by atoms with van der Waals surface area (Å²) in [5.74, 6) is -0.209. The summed E-state index contributed by atoms with van der Waals surface area (Å²) in [4.78, 5) is 12.4. The number of hydrogen-bond donors (Lipinski definition) is 1. The van der Waals surface area contributed by atoms with Crippen LogP contribution >= 0.6 is 11.3 Å². The molecule has 0 aliphatic carbocycles. The van der Waals surface area contributed by atoms with Crippen LogP contribution in [0.1, 0.15) is 40.7 Å². The zero-order chi connectivity index (χ0) is 16.9. The van der Waals surface area contributed by atoms with Gasteiger partial charge in [-0.25, -0.2) is 4.68 Å². The average molecular weight is 343 g/mol. The Hall–Kier alpha value is -2.68. The van der Waals surface area contributed by atoms with Gasteiger partial charge in [0, 0.05) is 12.0 Å². The summed E-state index contributed by atoms with van der Waals surface area (Å²) in [7, 11) is 0. The summed E-state index contributed by atoms with van der Waals surface area (Å²) in [6.45, 7) is 4.03. The minimum atomic E-state index is -0.209. The molecule has 0 saturated heterocycles. The van der Waals surface area contributed by atoms with Crippen LogP contribution in [-0.2, 0) is 6.42 Å². The van der Waals surface area contributed by atoms with Crippen LogP contribution in [0.15, 0.2) is 24.5 Å². The van der Waals surface area contributed by atoms with E-state index in [2.05, 4.69) is 38.0 Å². The van der Waals surface area contributed by atoms with Gasteiger partial charge in [-0.15, -0.1) is 15.3 Å². The molecule has 0 radical (unpaired) electrons. The predicted molar refractivity (Wildman–Crippen MR) is 90.4 cm³/mol. The second kappa shape index (κ2) is 7.26. The third-order valence-electron chi connectivity index (χ3n) is 3.49. The van der Waals surface area contributed by atoms with E-state index in [0.29, 0.717) is 10.7 Å². The number of carbonyl (C=O) groups excluding carboxylic acids is 1. The molecule has 24 heavy (non-hydrogen) atoms. The molecule has 124 valence electrons. The standard InChI is InChI=1S/C15H17N7OS/c1-3-4-5-13-18-19-15(24-13)17-14(23)11-6-7-12(10(2)8-11)22-9-16-20-21-22/h6-9H,3-5H2,1-2H3,(H,17,19,23). The molecule has 3 aromatic rings. The summed E-state index contributed by atoms with van der Waals surface area (Å²) in [6, 6.07) is 5.34. The number of unbranched alkanes of at least 4 members (excludes halogenated alkanes) is 1. The number of rotatable bonds is 6. The number of amides is 1. The number of nitrogens with one attached hydrogen (secondary N) is 1. The Morgan fingerprint density at radius 2 is 2.21 bits per heavy atom. The number of aromatic nitrogens is 6. The highest BCUT2D eigenvalue weighted by molar-refractivity contribution is 7.15. The van der Waals surface area contributed by atoms with Crippen LogP contribution in [0.5, 0.6) is 0 Å². The van der Waals surface area contributed by atoms with E-state index in [0.717, 1.165) is 35.5 Å². The monoisotopic (exact) mass is 343 g/mol. The summed E-state index contributed by atoms with van der Waals surface area (Å²) < 4.78 is 1.56. The Balaban J connectivity index is 1.71. The van der Waals surface area contributed by atoms with Crippen LogP contribution in [0.4, 0.5) is 5.13 Å². The Kier molecular flexibility index (Phi) is 4.90. The zero-order valence-electron chi connectivity index (χ0n) is 13.4. The highest BCUT2D eigenvalue weighted by atomic mass is 32.1. The van der Waals surface area contributed by atoms with E-state index in [1.165, 1.54) is 17.7 Å². The number of anilines is 1. The fourth-order valence-electron chi connectivity index (χ4n) is 2.23. The first-order valence-electron chi connectivity index (χ1n) is 7.65. The van der Waals surface area contributed by atoms with Crippen LogP contribution in [-0.4, -0.2) is 36.3 Å². The minimum Gasteiger partial charge on any atom is -0.296 e. The van der Waals surface area contributed by atoms with E-state index in [1.807, 2.05) is 13.0 Å². The molecule has 0 saturated carbocycles. The number of carbonyl (C=O) groups is 1. The summed E-state index contributed by atoms with van der Waals surface area (Å²) in [5, 5.41) is 23.5. The normalized spacial score (nSPS) is 10.8. The predicted octanol–water partition coefficient (Wildman–Crippen LogP) is 2.42. The molecule has 3 rings (SSSR count). The van der Waals surface area contributed by atoms with Gasteiger partial charge in [0.25, 0.3) is 5.91 Å². The lowest BCUT2D eigenvalue weighted by atomic mass is 10.1. The third kappa shape index (κ3) is 3.62. The highest BCUT2D eigenvalue weighted by Crippen LogP contribution is 2.19. The maximum atomic E-state index is 12.4. The Morgan fingerprint density at radius 1 is 1.33 bits per heavy atom. The maximum Gasteiger partial charge on any atom is 0.257 e. The molecular formula is C15H17N7OS. The molecule has 0 bridgehead atoms. The second-order valence-electron chi connectivity index (χ2n) is 5.31. The second-order valence-corrected chi connectivity index (χ2v) is 6.38. The van der Waals surface area contributed by atoms with Gasteiger partial charge in [0.1, 0.15) is 11.3 Å². The quantitative estimate of drug-likeness (QED) is 0.738. The van der Waals surface area contributed by atoms with E-state index in [-0.39, 0.29) is 5.91 Å². The first kappa shape index (κ1) is 16.2. The van der Waals surface area contributed by atoms with E-state index >= 15 is 0 Å². The van der Waals surface area contributed by atoms with Crippen LogP contribution in [0, 0.1) is 6.92 Å². The SMILES string of the molecule is CCCCc1nnc(NC(=O)c2ccc(-n3cnnn3)c(C)c2)s1. The van der Waals surface area contributed by atoms with Gasteiger partial charge in [0.05, 0.1) is 5.69 Å². The van der Waals surface area contributed by atoms with Crippen molar-refractivity contribution in [2.75, 3.05) is 5.32 Å². The van der Waals surface area contributed by atoms with Gasteiger partial charge < -0.3 is 0 Å². The lowest BCUT2D eigenvalue weighted by molar-refractivity contribution is 0.102. The molecule has 8 nitrogen and oxygen atoms in total. The average Bonchev–Trinajstić information content (AvgIpc) is 3.24. The first-order chi connectivity index (χ1) is 11.7. The van der Waals surface area contributed by atoms with E-state index < -0.39 is 0 Å². The molecule has 2 heterocycles. The van der Waals surface area contributed by atoms with E-state index in [4.69, 9.17) is 0 Å². The fourth-order valence-corrected chi connectivity index (χ4v) is 3.00. The molecule has 1 aromatic carbocycles. The summed E-state index contributed by atoms with van der Waals surface area (Å²) in [5.41, 5.74) is 2.28. The fraction of sp³-hybridized carbons (Fsp3) is 0.333. The number of tetrazole rings is 1. The molecule has 9 heteroatoms. The number of benzene rings is 1. The van der Waals surface area contributed by atoms with E-state index in [1.54, 1.807) is 16.8 Å². The highest BCUT2D eigenvalue weighted by Gasteiger charge is 2.12. The smallest absolute Gasteiger partial charge is 0.257 e. The van der Waals surface area contributed by atoms with Crippen LogP contribution < -0.4 is 5.32 Å². The molecule has 0 aliphatic heterocycles. The van der Waals surface area contributed by atoms with Crippen molar-refractivity contribution in [3.05, 3.63) is 40.7 Å². The van der Waals surface area contributed by atoms with Crippen molar-refractivity contribution < 1.29 is 4.79 Å². The van der Waals surface area contributed by atoms with Gasteiger partial charge >= 0.3 is 0 Å². The molecule has 0 atom stereocenters. The van der Waals surface area contributed by atoms with Gasteiger partial charge in [-0.2, -0.15) is 0 Å². The number of aryl methyl sites for hydroxylation is 2. The molecule has 0 fully saturated rings. The minimum absolute atomic E-state index is 0.209. The number of nitrogens with zero attached hydrogens (tertiary/aromatic N) is 6. The lowest BCUT2D eigenvalue weighted by Gasteiger charge is -2.07. The van der Waals surface area contributed by atoms with Crippen molar-refractivity contribution in [1.82, 2.24) is 30.4 Å². The van der Waals surface area contributed by atoms with Crippen molar-refractivity contribution in [3.8, 4) is 5.69 Å². The molecule has 2 aromatic heterocycles. The van der Waals surface area contributed by atoms with Crippen molar-refractivity contribution >= 4 is 22.4 Å². The van der Waals surface area contributed by atoms with Crippen LogP contribution in [0.2, 0.25) is 0 Å². The van der Waals surface area contributed by atoms with Gasteiger partial charge in [-0.3, -0.25) is 10.1 Å². The Labute approximate surface area is 142 Å². The largest absolute Gasteiger partial charge is 0.296 e. The van der Waals surface area contributed by atoms with Crippen LogP contribution in [0.25, 0.3) is 5.69 Å². The first-order valence-corrected chi connectivity index (χ1v) is 8.46. The molecule has 0 unspecified atom stereocenters. The van der Waals surface area contributed by atoms with Gasteiger partial charge in [-0.1, -0.05) is 24.7 Å². The number of hydrogen-bond acceptors (Lipinski definition) is 7. The van der Waals surface area contributed by atoms with Crippen molar-refractivity contribution in [2.45, 2.75) is 33.1 Å². The summed E-state index contributed by atoms with van der Waals surface area (Å²) in [6.07, 6.45) is 4.58. The van der Waals surface area contributed by atoms with Crippen molar-refractivity contribution in [3.63, 3.8) is 0 Å². The van der Waals surface area contributed by atoms with Gasteiger partial charge in [0.15, 0.2) is 0 Å². The molecule has 1 N–H and O–H groups in total. The third-order valence-corrected chi connectivity index (χ3v) is 4.38. The topological polar surface area (TPSA) is 98.5 Å². The lowest BCUT2D eigenvalue weighted by Crippen LogP contribution is -2.12. The van der Waals surface area contributed by atoms with Gasteiger partial charge in [0.2, 0.25) is 5.13 Å². The van der Waals surface area contributed by atoms with Crippen molar-refractivity contribution in [1.29, 1.82) is 0 Å². The Bertz CT molecular complexity index is 828. The maximum absolute atomic E-state index is 12.4. The van der Waals surface area contributed by atoms with Crippen molar-refractivity contribution in [2.24, 2.45) is 0 Å². The van der Waals surface area contributed by atoms with E-state index in [9.17, 15) is 4.79 Å². The zero-order valence-corrected chi connectivity index (χ0v) is 14.2. The molecule has 1 amide bonds. The molecule has 0 aliphatic rings. The summed E-state index contributed by atoms with van der Waals surface area (Å²) >= 11 is 1.42. The molecular weight excluding hydrogens is 326 g/mol. The molecule has 0 spiro atoms. The van der Waals surface area contributed by atoms with Crippen LogP contribution in [0.3, 0.4) is 0 Å². The van der Waals surface area contributed by atoms with Gasteiger partial charge in [-0.05, 0) is 47.5 Å². The Morgan fingerprint density at radius 3 is 2.92 bits per heavy atom.